The molecule has 0 spiro atoms. The average Bonchev–Trinajstić information content (AvgIpc) is 2.66. The van der Waals surface area contributed by atoms with E-state index in [0.29, 0.717) is 30.2 Å². The van der Waals surface area contributed by atoms with Gasteiger partial charge in [0, 0.05) is 51.9 Å². The van der Waals surface area contributed by atoms with E-state index in [9.17, 15) is 9.59 Å². The first-order valence-corrected chi connectivity index (χ1v) is 10.2. The predicted molar refractivity (Wildman–Crippen MR) is 105 cm³/mol. The SMILES string of the molecule is CCCOc1ccc(Cl)cc1C1C2=C(CCCC2=O)NC2=C1C(=O)CCC2. The van der Waals surface area contributed by atoms with E-state index in [1.54, 1.807) is 6.07 Å². The van der Waals surface area contributed by atoms with Gasteiger partial charge in [0.2, 0.25) is 0 Å². The maximum atomic E-state index is 12.9. The van der Waals surface area contributed by atoms with Gasteiger partial charge in [0.15, 0.2) is 11.6 Å². The van der Waals surface area contributed by atoms with Gasteiger partial charge in [-0.2, -0.15) is 0 Å². The molecular weight excluding hydrogens is 362 g/mol. The van der Waals surface area contributed by atoms with Gasteiger partial charge < -0.3 is 10.1 Å². The zero-order valence-electron chi connectivity index (χ0n) is 15.6. The van der Waals surface area contributed by atoms with Crippen molar-refractivity contribution in [2.75, 3.05) is 6.61 Å². The fraction of sp³-hybridized carbons (Fsp3) is 0.455. The van der Waals surface area contributed by atoms with Crippen LogP contribution in [0.25, 0.3) is 0 Å². The second kappa shape index (κ2) is 7.51. The fourth-order valence-corrected chi connectivity index (χ4v) is 4.56. The smallest absolute Gasteiger partial charge is 0.161 e. The predicted octanol–water partition coefficient (Wildman–Crippen LogP) is 4.83. The molecule has 1 N–H and O–H groups in total. The molecule has 0 saturated heterocycles. The molecule has 3 aliphatic rings. The maximum absolute atomic E-state index is 12.9. The first-order valence-electron chi connectivity index (χ1n) is 9.82. The van der Waals surface area contributed by atoms with Crippen LogP contribution in [0.1, 0.15) is 63.4 Å². The Morgan fingerprint density at radius 1 is 1.04 bits per heavy atom. The summed E-state index contributed by atoms with van der Waals surface area (Å²) in [5, 5.41) is 4.03. The van der Waals surface area contributed by atoms with E-state index in [0.717, 1.165) is 60.2 Å². The number of ether oxygens (including phenoxy) is 1. The van der Waals surface area contributed by atoms with Crippen LogP contribution in [0.4, 0.5) is 0 Å². The van der Waals surface area contributed by atoms with E-state index in [1.165, 1.54) is 0 Å². The zero-order valence-corrected chi connectivity index (χ0v) is 16.3. The highest BCUT2D eigenvalue weighted by atomic mass is 35.5. The van der Waals surface area contributed by atoms with Gasteiger partial charge in [-0.1, -0.05) is 18.5 Å². The first kappa shape index (κ1) is 18.3. The first-order chi connectivity index (χ1) is 13.1. The van der Waals surface area contributed by atoms with Crippen LogP contribution in [-0.2, 0) is 9.59 Å². The van der Waals surface area contributed by atoms with Gasteiger partial charge in [0.1, 0.15) is 5.75 Å². The molecule has 0 amide bonds. The van der Waals surface area contributed by atoms with Crippen LogP contribution in [-0.4, -0.2) is 18.2 Å². The van der Waals surface area contributed by atoms with Gasteiger partial charge in [-0.25, -0.2) is 0 Å². The minimum Gasteiger partial charge on any atom is -0.493 e. The number of hydrogen-bond acceptors (Lipinski definition) is 4. The minimum absolute atomic E-state index is 0.125. The van der Waals surface area contributed by atoms with Crippen molar-refractivity contribution in [1.82, 2.24) is 5.32 Å². The third-order valence-corrected chi connectivity index (χ3v) is 5.77. The lowest BCUT2D eigenvalue weighted by atomic mass is 9.71. The van der Waals surface area contributed by atoms with Gasteiger partial charge in [0.05, 0.1) is 6.61 Å². The topological polar surface area (TPSA) is 55.4 Å². The summed E-state index contributed by atoms with van der Waals surface area (Å²) >= 11 is 6.32. The Kier molecular flexibility index (Phi) is 5.09. The number of dihydropyridines is 1. The van der Waals surface area contributed by atoms with Crippen LogP contribution in [0, 0.1) is 0 Å². The summed E-state index contributed by atoms with van der Waals surface area (Å²) in [4.78, 5) is 25.8. The van der Waals surface area contributed by atoms with Crippen LogP contribution < -0.4 is 10.1 Å². The Bertz CT molecular complexity index is 826. The normalized spacial score (nSPS) is 20.4. The van der Waals surface area contributed by atoms with E-state index in [2.05, 4.69) is 12.2 Å². The number of rotatable bonds is 4. The van der Waals surface area contributed by atoms with Crippen molar-refractivity contribution in [1.29, 1.82) is 0 Å². The second-order valence-electron chi connectivity index (χ2n) is 7.43. The molecule has 142 valence electrons. The molecule has 1 heterocycles. The summed E-state index contributed by atoms with van der Waals surface area (Å²) in [5.41, 5.74) is 4.26. The molecule has 4 nitrogen and oxygen atoms in total. The molecule has 0 bridgehead atoms. The Morgan fingerprint density at radius 3 is 2.26 bits per heavy atom. The van der Waals surface area contributed by atoms with Crippen molar-refractivity contribution >= 4 is 23.2 Å². The van der Waals surface area contributed by atoms with E-state index in [4.69, 9.17) is 16.3 Å². The standard InChI is InChI=1S/C22H24ClNO3/c1-2-11-27-19-10-9-13(23)12-14(19)20-21-15(5-3-7-17(21)25)24-16-6-4-8-18(26)22(16)20/h9-10,12,20,24H,2-8,11H2,1H3. The van der Waals surface area contributed by atoms with Crippen LogP contribution in [0.3, 0.4) is 0 Å². The van der Waals surface area contributed by atoms with E-state index in [1.807, 2.05) is 12.1 Å². The molecular formula is C22H24ClNO3. The highest BCUT2D eigenvalue weighted by Crippen LogP contribution is 2.47. The lowest BCUT2D eigenvalue weighted by Crippen LogP contribution is -2.36. The lowest BCUT2D eigenvalue weighted by Gasteiger charge is -2.37. The molecule has 1 aromatic carbocycles. The summed E-state index contributed by atoms with van der Waals surface area (Å²) in [5.74, 6) is 0.589. The van der Waals surface area contributed by atoms with Crippen molar-refractivity contribution in [2.24, 2.45) is 0 Å². The van der Waals surface area contributed by atoms with Gasteiger partial charge >= 0.3 is 0 Å². The molecule has 1 aliphatic heterocycles. The highest BCUT2D eigenvalue weighted by Gasteiger charge is 2.41. The summed E-state index contributed by atoms with van der Waals surface area (Å²) in [6.45, 7) is 2.63. The minimum atomic E-state index is -0.373. The van der Waals surface area contributed by atoms with E-state index >= 15 is 0 Å². The van der Waals surface area contributed by atoms with Crippen molar-refractivity contribution < 1.29 is 14.3 Å². The van der Waals surface area contributed by atoms with Crippen molar-refractivity contribution in [3.63, 3.8) is 0 Å². The van der Waals surface area contributed by atoms with Crippen molar-refractivity contribution in [3.8, 4) is 5.75 Å². The fourth-order valence-electron chi connectivity index (χ4n) is 4.38. The number of carbonyl (C=O) groups excluding carboxylic acids is 2. The Labute approximate surface area is 164 Å². The number of allylic oxidation sites excluding steroid dienone is 4. The quantitative estimate of drug-likeness (QED) is 0.806. The molecule has 0 saturated carbocycles. The van der Waals surface area contributed by atoms with Crippen LogP contribution in [0.2, 0.25) is 5.02 Å². The van der Waals surface area contributed by atoms with Crippen LogP contribution in [0.5, 0.6) is 5.75 Å². The van der Waals surface area contributed by atoms with Gasteiger partial charge in [-0.05, 0) is 50.3 Å². The number of ketones is 2. The van der Waals surface area contributed by atoms with E-state index < -0.39 is 0 Å². The number of nitrogens with one attached hydrogen (secondary N) is 1. The summed E-state index contributed by atoms with van der Waals surface area (Å²) < 4.78 is 5.98. The summed E-state index contributed by atoms with van der Waals surface area (Å²) in [6.07, 6.45) is 5.32. The number of benzene rings is 1. The van der Waals surface area contributed by atoms with Crippen molar-refractivity contribution in [2.45, 2.75) is 57.8 Å². The molecule has 0 atom stereocenters. The monoisotopic (exact) mass is 385 g/mol. The zero-order chi connectivity index (χ0) is 19.0. The summed E-state index contributed by atoms with van der Waals surface area (Å²) in [7, 11) is 0. The molecule has 0 fully saturated rings. The molecule has 2 aliphatic carbocycles. The average molecular weight is 386 g/mol. The van der Waals surface area contributed by atoms with E-state index in [-0.39, 0.29) is 17.5 Å². The Hall–Kier alpha value is -2.07. The number of carbonyl (C=O) groups is 2. The van der Waals surface area contributed by atoms with Crippen molar-refractivity contribution in [3.05, 3.63) is 51.3 Å². The molecule has 0 radical (unpaired) electrons. The van der Waals surface area contributed by atoms with Crippen LogP contribution >= 0.6 is 11.6 Å². The third-order valence-electron chi connectivity index (χ3n) is 5.54. The second-order valence-corrected chi connectivity index (χ2v) is 7.86. The molecule has 0 unspecified atom stereocenters. The van der Waals surface area contributed by atoms with Crippen LogP contribution in [0.15, 0.2) is 40.7 Å². The van der Waals surface area contributed by atoms with Gasteiger partial charge in [-0.3, -0.25) is 9.59 Å². The Morgan fingerprint density at radius 2 is 1.67 bits per heavy atom. The third kappa shape index (κ3) is 3.31. The molecule has 27 heavy (non-hydrogen) atoms. The lowest BCUT2D eigenvalue weighted by molar-refractivity contribution is -0.116. The molecule has 1 aromatic rings. The molecule has 0 aromatic heterocycles. The largest absolute Gasteiger partial charge is 0.493 e. The highest BCUT2D eigenvalue weighted by molar-refractivity contribution is 6.30. The molecule has 5 heteroatoms. The Balaban J connectivity index is 1.91. The number of halogens is 1. The van der Waals surface area contributed by atoms with Gasteiger partial charge in [-0.15, -0.1) is 0 Å². The number of hydrogen-bond donors (Lipinski definition) is 1. The molecule has 4 rings (SSSR count). The van der Waals surface area contributed by atoms with Gasteiger partial charge in [0.25, 0.3) is 0 Å². The number of Topliss-reactive ketones (excluding diaryl/α,β-unsaturated/α-hetero) is 2. The maximum Gasteiger partial charge on any atom is 0.161 e. The summed E-state index contributed by atoms with van der Waals surface area (Å²) in [6, 6.07) is 5.52.